The van der Waals surface area contributed by atoms with Gasteiger partial charge in [-0.1, -0.05) is 20.8 Å². The van der Waals surface area contributed by atoms with Crippen LogP contribution in [0.2, 0.25) is 0 Å². The van der Waals surface area contributed by atoms with E-state index in [0.29, 0.717) is 31.5 Å². The van der Waals surface area contributed by atoms with E-state index in [1.807, 2.05) is 6.92 Å². The maximum atomic E-state index is 12.9. The Bertz CT molecular complexity index is 397. The van der Waals surface area contributed by atoms with Crippen LogP contribution in [0.5, 0.6) is 0 Å². The van der Waals surface area contributed by atoms with E-state index in [0.717, 1.165) is 32.4 Å². The van der Waals surface area contributed by atoms with E-state index < -0.39 is 10.2 Å². The number of hydrogen-bond donors (Lipinski definition) is 1. The number of nitrogens with one attached hydrogen (secondary N) is 1. The Hall–Kier alpha value is -0.170. The summed E-state index contributed by atoms with van der Waals surface area (Å²) >= 11 is 0. The van der Waals surface area contributed by atoms with E-state index in [9.17, 15) is 8.42 Å². The lowest BCUT2D eigenvalue weighted by atomic mass is 9.94. The van der Waals surface area contributed by atoms with E-state index in [-0.39, 0.29) is 6.04 Å². The molecule has 0 aromatic heterocycles. The highest BCUT2D eigenvalue weighted by atomic mass is 32.2. The fourth-order valence-electron chi connectivity index (χ4n) is 3.63. The molecule has 20 heavy (non-hydrogen) atoms. The van der Waals surface area contributed by atoms with Crippen LogP contribution in [0.15, 0.2) is 0 Å². The average molecular weight is 303 g/mol. The third-order valence-electron chi connectivity index (χ3n) is 4.45. The molecule has 0 amide bonds. The molecule has 0 spiro atoms. The van der Waals surface area contributed by atoms with Crippen molar-refractivity contribution in [3.63, 3.8) is 0 Å². The largest absolute Gasteiger partial charge is 0.315 e. The molecule has 2 aliphatic rings. The molecular weight excluding hydrogens is 274 g/mol. The molecule has 118 valence electrons. The molecule has 2 fully saturated rings. The zero-order valence-electron chi connectivity index (χ0n) is 13.0. The van der Waals surface area contributed by atoms with Crippen LogP contribution in [0, 0.1) is 11.8 Å². The summed E-state index contributed by atoms with van der Waals surface area (Å²) in [5, 5.41) is 3.32. The summed E-state index contributed by atoms with van der Waals surface area (Å²) in [4.78, 5) is 0. The van der Waals surface area contributed by atoms with Gasteiger partial charge in [-0.15, -0.1) is 0 Å². The third kappa shape index (κ3) is 3.53. The molecule has 2 aliphatic heterocycles. The molecule has 0 saturated carbocycles. The van der Waals surface area contributed by atoms with Crippen molar-refractivity contribution in [1.82, 2.24) is 13.9 Å². The lowest BCUT2D eigenvalue weighted by Crippen LogP contribution is -2.55. The molecule has 6 heteroatoms. The Morgan fingerprint density at radius 2 is 1.90 bits per heavy atom. The fourth-order valence-corrected chi connectivity index (χ4v) is 5.70. The second kappa shape index (κ2) is 6.73. The topological polar surface area (TPSA) is 52.7 Å². The molecule has 0 aromatic rings. The van der Waals surface area contributed by atoms with Crippen molar-refractivity contribution < 1.29 is 8.42 Å². The van der Waals surface area contributed by atoms with Crippen LogP contribution in [0.25, 0.3) is 0 Å². The molecule has 5 nitrogen and oxygen atoms in total. The van der Waals surface area contributed by atoms with Crippen molar-refractivity contribution >= 4 is 10.2 Å². The number of likely N-dealkylation sites (N-methyl/N-ethyl adjacent to an activating group) is 1. The maximum absolute atomic E-state index is 12.9. The van der Waals surface area contributed by atoms with Gasteiger partial charge in [-0.2, -0.15) is 17.0 Å². The minimum atomic E-state index is -3.31. The van der Waals surface area contributed by atoms with Gasteiger partial charge < -0.3 is 5.32 Å². The van der Waals surface area contributed by atoms with Crippen LogP contribution >= 0.6 is 0 Å². The van der Waals surface area contributed by atoms with Crippen molar-refractivity contribution in [2.45, 2.75) is 46.1 Å². The van der Waals surface area contributed by atoms with Crippen LogP contribution in [-0.4, -0.2) is 55.8 Å². The van der Waals surface area contributed by atoms with Crippen molar-refractivity contribution in [2.24, 2.45) is 11.8 Å². The molecular formula is C14H29N3O2S. The van der Waals surface area contributed by atoms with E-state index in [1.54, 1.807) is 8.61 Å². The van der Waals surface area contributed by atoms with E-state index >= 15 is 0 Å². The van der Waals surface area contributed by atoms with Crippen LogP contribution in [0.1, 0.15) is 40.0 Å². The highest BCUT2D eigenvalue weighted by Crippen LogP contribution is 2.26. The van der Waals surface area contributed by atoms with Gasteiger partial charge in [0.25, 0.3) is 10.2 Å². The van der Waals surface area contributed by atoms with Crippen LogP contribution in [0.3, 0.4) is 0 Å². The third-order valence-corrected chi connectivity index (χ3v) is 6.55. The fraction of sp³-hybridized carbons (Fsp3) is 1.00. The van der Waals surface area contributed by atoms with Gasteiger partial charge in [-0.05, 0) is 37.6 Å². The molecule has 0 radical (unpaired) electrons. The number of rotatable bonds is 4. The van der Waals surface area contributed by atoms with Gasteiger partial charge in [0, 0.05) is 32.2 Å². The van der Waals surface area contributed by atoms with Gasteiger partial charge in [0.1, 0.15) is 0 Å². The van der Waals surface area contributed by atoms with Gasteiger partial charge in [-0.3, -0.25) is 0 Å². The van der Waals surface area contributed by atoms with Crippen molar-refractivity contribution in [3.05, 3.63) is 0 Å². The molecule has 0 aliphatic carbocycles. The summed E-state index contributed by atoms with van der Waals surface area (Å²) in [5.74, 6) is 0.911. The van der Waals surface area contributed by atoms with Crippen molar-refractivity contribution in [1.29, 1.82) is 0 Å². The second-order valence-corrected chi connectivity index (χ2v) is 8.36. The van der Waals surface area contributed by atoms with Gasteiger partial charge in [-0.25, -0.2) is 0 Å². The predicted molar refractivity (Wildman–Crippen MR) is 81.7 cm³/mol. The predicted octanol–water partition coefficient (Wildman–Crippen LogP) is 1.28. The van der Waals surface area contributed by atoms with Crippen LogP contribution in [-0.2, 0) is 10.2 Å². The Labute approximate surface area is 123 Å². The molecule has 1 N–H and O–H groups in total. The number of nitrogens with zero attached hydrogens (tertiary/aromatic N) is 2. The first-order valence-corrected chi connectivity index (χ1v) is 9.32. The van der Waals surface area contributed by atoms with Gasteiger partial charge in [0.15, 0.2) is 0 Å². The van der Waals surface area contributed by atoms with E-state index in [4.69, 9.17) is 0 Å². The normalized spacial score (nSPS) is 33.5. The minimum Gasteiger partial charge on any atom is -0.315 e. The first-order chi connectivity index (χ1) is 9.45. The Morgan fingerprint density at radius 1 is 1.25 bits per heavy atom. The molecule has 2 heterocycles. The molecule has 3 unspecified atom stereocenters. The number of hydrogen-bond acceptors (Lipinski definition) is 3. The first-order valence-electron chi connectivity index (χ1n) is 7.92. The lowest BCUT2D eigenvalue weighted by molar-refractivity contribution is 0.194. The molecule has 0 bridgehead atoms. The summed E-state index contributed by atoms with van der Waals surface area (Å²) in [5.41, 5.74) is 0. The van der Waals surface area contributed by atoms with Crippen LogP contribution < -0.4 is 5.32 Å². The minimum absolute atomic E-state index is 0.117. The lowest BCUT2D eigenvalue weighted by Gasteiger charge is -2.40. The standard InChI is InChI=1S/C14H29N3O2S/c1-4-17(14-6-5-7-15-9-14)20(18,19)16-10-12(2)8-13(3)11-16/h12-15H,4-11H2,1-3H3. The number of piperidine rings is 2. The highest BCUT2D eigenvalue weighted by Gasteiger charge is 2.37. The van der Waals surface area contributed by atoms with E-state index in [2.05, 4.69) is 19.2 Å². The summed E-state index contributed by atoms with van der Waals surface area (Å²) in [6.07, 6.45) is 3.16. The van der Waals surface area contributed by atoms with Crippen molar-refractivity contribution in [3.8, 4) is 0 Å². The quantitative estimate of drug-likeness (QED) is 0.851. The second-order valence-electron chi connectivity index (χ2n) is 6.47. The van der Waals surface area contributed by atoms with Crippen molar-refractivity contribution in [2.75, 3.05) is 32.7 Å². The monoisotopic (exact) mass is 303 g/mol. The zero-order valence-corrected chi connectivity index (χ0v) is 13.8. The van der Waals surface area contributed by atoms with Gasteiger partial charge >= 0.3 is 0 Å². The maximum Gasteiger partial charge on any atom is 0.282 e. The van der Waals surface area contributed by atoms with Gasteiger partial charge in [0.05, 0.1) is 0 Å². The molecule has 3 atom stereocenters. The Morgan fingerprint density at radius 3 is 2.40 bits per heavy atom. The summed E-state index contributed by atoms with van der Waals surface area (Å²) in [6, 6.07) is 0.117. The summed E-state index contributed by atoms with van der Waals surface area (Å²) in [7, 11) is -3.31. The molecule has 2 saturated heterocycles. The zero-order chi connectivity index (χ0) is 14.8. The SMILES string of the molecule is CCN(C1CCCNC1)S(=O)(=O)N1CC(C)CC(C)C1. The summed E-state index contributed by atoms with van der Waals surface area (Å²) < 4.78 is 29.3. The smallest absolute Gasteiger partial charge is 0.282 e. The summed E-state index contributed by atoms with van der Waals surface area (Å²) in [6.45, 7) is 9.94. The Balaban J connectivity index is 2.13. The molecule has 0 aromatic carbocycles. The highest BCUT2D eigenvalue weighted by molar-refractivity contribution is 7.86. The first kappa shape index (κ1) is 16.2. The average Bonchev–Trinajstić information content (AvgIpc) is 2.39. The Kier molecular flexibility index (Phi) is 5.45. The van der Waals surface area contributed by atoms with Gasteiger partial charge in [0.2, 0.25) is 0 Å². The molecule has 2 rings (SSSR count). The van der Waals surface area contributed by atoms with Crippen LogP contribution in [0.4, 0.5) is 0 Å². The van der Waals surface area contributed by atoms with E-state index in [1.165, 1.54) is 0 Å².